The predicted molar refractivity (Wildman–Crippen MR) is 396 cm³/mol. The highest BCUT2D eigenvalue weighted by Gasteiger charge is 2.59. The van der Waals surface area contributed by atoms with E-state index in [2.05, 4.69) is 22.9 Å². The van der Waals surface area contributed by atoms with Crippen LogP contribution in [0, 0.1) is 40.4 Å². The lowest BCUT2D eigenvalue weighted by Gasteiger charge is -2.54. The molecule has 107 heavy (non-hydrogen) atoms. The highest BCUT2D eigenvalue weighted by atomic mass is 35.5. The second kappa shape index (κ2) is 37.4. The van der Waals surface area contributed by atoms with Crippen LogP contribution in [0.25, 0.3) is 0 Å². The molecule has 0 radical (unpaired) electrons. The first kappa shape index (κ1) is 87.6. The quantitative estimate of drug-likeness (QED) is 0.146. The van der Waals surface area contributed by atoms with Crippen molar-refractivity contribution in [3.8, 4) is 0 Å². The number of halogens is 4. The summed E-state index contributed by atoms with van der Waals surface area (Å²) in [5.74, 6) is -10.3. The molecule has 12 amide bonds. The van der Waals surface area contributed by atoms with Gasteiger partial charge in [0.2, 0.25) is 70.9 Å². The molecule has 3 N–H and O–H groups in total. The van der Waals surface area contributed by atoms with E-state index in [0.29, 0.717) is 31.6 Å². The second-order valence-corrected chi connectivity index (χ2v) is 34.7. The molecule has 1 spiro atoms. The van der Waals surface area contributed by atoms with Crippen molar-refractivity contribution in [1.82, 2.24) is 60.0 Å². The summed E-state index contributed by atoms with van der Waals surface area (Å²) < 4.78 is 54.3. The van der Waals surface area contributed by atoms with E-state index >= 15 is 33.6 Å². The number of nitrogens with one attached hydrogen (secondary N) is 3. The van der Waals surface area contributed by atoms with Crippen LogP contribution in [-0.2, 0) is 67.0 Å². The van der Waals surface area contributed by atoms with Gasteiger partial charge in [-0.15, -0.1) is 11.6 Å². The first-order valence-electron chi connectivity index (χ1n) is 38.9. The Labute approximate surface area is 636 Å². The van der Waals surface area contributed by atoms with Crippen LogP contribution >= 0.6 is 11.6 Å². The summed E-state index contributed by atoms with van der Waals surface area (Å²) >= 11 is 6.47. The largest absolute Gasteiger partial charge is 0.393 e. The number of carbonyl (C=O) groups is 12. The van der Waals surface area contributed by atoms with E-state index in [1.165, 1.54) is 95.6 Å². The number of nitrogens with zero attached hydrogens (tertiary/aromatic N) is 9. The van der Waals surface area contributed by atoms with Crippen LogP contribution in [0.4, 0.5) is 13.2 Å². The molecule has 3 unspecified atom stereocenters. The zero-order valence-corrected chi connectivity index (χ0v) is 67.1. The normalized spacial score (nSPS) is 31.7. The number of likely N-dealkylation sites (N-methyl/N-ethyl adjacent to an activating group) is 7. The van der Waals surface area contributed by atoms with Crippen molar-refractivity contribution < 1.29 is 80.2 Å². The fourth-order valence-electron chi connectivity index (χ4n) is 17.4. The second-order valence-electron chi connectivity index (χ2n) is 34.1. The molecule has 0 aromatic heterocycles. The molecule has 4 heterocycles. The van der Waals surface area contributed by atoms with Crippen molar-refractivity contribution in [2.24, 2.45) is 40.4 Å². The Morgan fingerprint density at radius 3 is 1.90 bits per heavy atom. The Hall–Kier alpha value is -6.62. The molecule has 7 rings (SSSR count). The Kier molecular flexibility index (Phi) is 30.6. The summed E-state index contributed by atoms with van der Waals surface area (Å²) in [6.45, 7) is 14.6. The third-order valence-electron chi connectivity index (χ3n) is 23.5. The van der Waals surface area contributed by atoms with Gasteiger partial charge in [-0.05, 0) is 131 Å². The molecule has 604 valence electrons. The maximum Gasteiger partial charge on any atom is 0.393 e. The standard InChI is InChI=1S/C77H124ClF3N12O14/c1-17-22-55-65(97)83-64(50-32-35-106-36-33-50)72(104)87(12)44-63(96)89(14)56-23-20-19-21-34-92(71(56)103)59(38-49-26-24-47(3)25-27-49)69(101)86(11)43-61(94)82-54(31-29-48-28-30-52(53(78)37-48)77(79,80)81)67(99)93-42-51(107-18-2)39-57(93)66(98)84-76(45-75(7,8)46-76)73(105)91(16)60(41-74(4,5)6)70(102)90(15)58(68(100)85(9)10)40-62(95)88(55)13/h19-20,47-60,64H,17-18,21-46H2,1-16H3,(H,82,94)(H,83,97)(H,84,98)/b20-19-/t47?,48?,49?,51-,52?,53?,54+,55+,56+,57+,58+,59+,60+,64+/m1/s1. The molecule has 26 nitrogen and oxygen atoms in total. The number of alkyl halides is 4. The summed E-state index contributed by atoms with van der Waals surface area (Å²) in [6.07, 6.45) is 2.84. The van der Waals surface area contributed by atoms with E-state index in [1.807, 2.05) is 47.6 Å². The molecule has 0 aromatic rings. The van der Waals surface area contributed by atoms with Gasteiger partial charge in [0.1, 0.15) is 53.9 Å². The van der Waals surface area contributed by atoms with E-state index in [1.54, 1.807) is 13.0 Å². The van der Waals surface area contributed by atoms with Gasteiger partial charge < -0.3 is 69.5 Å². The van der Waals surface area contributed by atoms with Crippen LogP contribution in [0.5, 0.6) is 0 Å². The number of ether oxygens (including phenoxy) is 2. The van der Waals surface area contributed by atoms with Crippen molar-refractivity contribution in [1.29, 1.82) is 0 Å². The van der Waals surface area contributed by atoms with E-state index in [4.69, 9.17) is 21.1 Å². The van der Waals surface area contributed by atoms with E-state index in [9.17, 15) is 37.1 Å². The Balaban J connectivity index is 1.33. The summed E-state index contributed by atoms with van der Waals surface area (Å²) in [7, 11) is 11.4. The van der Waals surface area contributed by atoms with Crippen molar-refractivity contribution in [2.45, 2.75) is 262 Å². The Morgan fingerprint density at radius 2 is 1.31 bits per heavy atom. The average molecular weight is 1530 g/mol. The third-order valence-corrected chi connectivity index (χ3v) is 24.0. The molecule has 6 fully saturated rings. The van der Waals surface area contributed by atoms with Gasteiger partial charge in [0, 0.05) is 101 Å². The van der Waals surface area contributed by atoms with Gasteiger partial charge in [-0.3, -0.25) is 57.5 Å². The molecule has 7 aliphatic rings. The minimum atomic E-state index is -4.54. The van der Waals surface area contributed by atoms with Crippen LogP contribution in [0.2, 0.25) is 0 Å². The van der Waals surface area contributed by atoms with Gasteiger partial charge in [-0.1, -0.05) is 92.7 Å². The van der Waals surface area contributed by atoms with Crippen LogP contribution < -0.4 is 16.0 Å². The van der Waals surface area contributed by atoms with Crippen LogP contribution in [0.1, 0.15) is 190 Å². The molecular formula is C77H124ClF3N12O14. The van der Waals surface area contributed by atoms with Gasteiger partial charge in [0.25, 0.3) is 0 Å². The lowest BCUT2D eigenvalue weighted by molar-refractivity contribution is -0.182. The molecule has 2 bridgehead atoms. The minimum Gasteiger partial charge on any atom is -0.381 e. The summed E-state index contributed by atoms with van der Waals surface area (Å²) in [5.41, 5.74) is -2.89. The lowest BCUT2D eigenvalue weighted by Crippen LogP contribution is -2.71. The molecule has 3 saturated carbocycles. The molecular weight excluding hydrogens is 1410 g/mol. The van der Waals surface area contributed by atoms with Crippen molar-refractivity contribution in [3.63, 3.8) is 0 Å². The number of hydrogen-bond acceptors (Lipinski definition) is 14. The topological polar surface area (TPSA) is 289 Å². The van der Waals surface area contributed by atoms with Gasteiger partial charge in [-0.25, -0.2) is 0 Å². The zero-order valence-electron chi connectivity index (χ0n) is 66.4. The van der Waals surface area contributed by atoms with Crippen LogP contribution in [0.3, 0.4) is 0 Å². The van der Waals surface area contributed by atoms with Crippen molar-refractivity contribution >= 4 is 82.5 Å². The summed E-state index contributed by atoms with van der Waals surface area (Å²) in [5, 5.41) is 7.63. The Morgan fingerprint density at radius 1 is 0.673 bits per heavy atom. The van der Waals surface area contributed by atoms with Crippen molar-refractivity contribution in [3.05, 3.63) is 12.2 Å². The number of hydrogen-bond donors (Lipinski definition) is 3. The highest BCUT2D eigenvalue weighted by molar-refractivity contribution is 6.21. The van der Waals surface area contributed by atoms with Crippen molar-refractivity contribution in [2.75, 3.05) is 102 Å². The maximum atomic E-state index is 15.8. The van der Waals surface area contributed by atoms with Gasteiger partial charge in [-0.2, -0.15) is 13.2 Å². The van der Waals surface area contributed by atoms with E-state index in [-0.39, 0.29) is 116 Å². The SMILES string of the molecule is CCC[C@H]1C(=O)N[C@@H](C2CCOCC2)C(=O)N(C)CC(=O)N(C)[C@H]2C/C=C\CCN(C2=O)[C@@H](CC2CCC(C)CC2)C(=O)N(C)CC(=O)N[C@@H](CCC2CCC(C(F)(F)F)C(Cl)C2)C(=O)N2C[C@H](OCC)C[C@H]2C(=O)NC2(CC(C)(C)C2)C(=O)N(C)[C@@H](CC(C)(C)C)C(=O)N(C)[C@H](C(=O)N(C)C)CC(=O)N1C. The molecule has 3 aliphatic carbocycles. The molecule has 4 aliphatic heterocycles. The van der Waals surface area contributed by atoms with Crippen LogP contribution in [0.15, 0.2) is 12.2 Å². The third kappa shape index (κ3) is 22.3. The summed E-state index contributed by atoms with van der Waals surface area (Å²) in [6, 6.07) is -10.3. The van der Waals surface area contributed by atoms with E-state index < -0.39 is 191 Å². The van der Waals surface area contributed by atoms with E-state index in [0.717, 1.165) is 30.6 Å². The fraction of sp³-hybridized carbons (Fsp3) is 0.818. The zero-order chi connectivity index (χ0) is 79.5. The Bertz CT molecular complexity index is 3200. The number of fused-ring (bicyclic) bond motifs is 3. The molecule has 30 heteroatoms. The van der Waals surface area contributed by atoms with Gasteiger partial charge in [0.15, 0.2) is 0 Å². The highest BCUT2D eigenvalue weighted by Crippen LogP contribution is 2.50. The molecule has 12 atom stereocenters. The first-order chi connectivity index (χ1) is 50.0. The molecule has 0 aromatic carbocycles. The number of rotatable bonds is 12. The summed E-state index contributed by atoms with van der Waals surface area (Å²) in [4.78, 5) is 194. The predicted octanol–water partition coefficient (Wildman–Crippen LogP) is 6.15. The van der Waals surface area contributed by atoms with Crippen LogP contribution in [-0.4, -0.2) is 289 Å². The maximum absolute atomic E-state index is 15.8. The van der Waals surface area contributed by atoms with Gasteiger partial charge >= 0.3 is 6.18 Å². The fourth-order valence-corrected chi connectivity index (χ4v) is 17.9. The van der Waals surface area contributed by atoms with Gasteiger partial charge in [0.05, 0.1) is 31.5 Å². The first-order valence-corrected chi connectivity index (χ1v) is 39.3. The monoisotopic (exact) mass is 1530 g/mol. The molecule has 3 saturated heterocycles. The number of amides is 12. The number of carbonyl (C=O) groups excluding carboxylic acids is 12. The smallest absolute Gasteiger partial charge is 0.381 e. The average Bonchev–Trinajstić information content (AvgIpc) is 1.41. The lowest BCUT2D eigenvalue weighted by atomic mass is 9.58. The minimum absolute atomic E-state index is 0.0129.